The molecule has 8 heteroatoms. The second kappa shape index (κ2) is 8.01. The number of piperidine rings is 1. The number of benzene rings is 2. The van der Waals surface area contributed by atoms with Gasteiger partial charge in [-0.05, 0) is 69.1 Å². The average molecular weight is 434 g/mol. The van der Waals surface area contributed by atoms with Gasteiger partial charge in [0, 0.05) is 0 Å². The van der Waals surface area contributed by atoms with Crippen molar-refractivity contribution in [3.8, 4) is 17.6 Å². The number of aromatic nitrogens is 2. The Kier molecular flexibility index (Phi) is 5.16. The van der Waals surface area contributed by atoms with Crippen LogP contribution in [-0.2, 0) is 4.74 Å². The predicted molar refractivity (Wildman–Crippen MR) is 116 cm³/mol. The lowest BCUT2D eigenvalue weighted by Crippen LogP contribution is -2.41. The van der Waals surface area contributed by atoms with Gasteiger partial charge in [0.1, 0.15) is 17.4 Å². The van der Waals surface area contributed by atoms with Crippen LogP contribution < -0.4 is 15.6 Å². The SMILES string of the molecule is Cc1ccc(F)c(Oc2ccc3ncn([C@H]4COC5(CCNCC5)C4)c(=O)c3c2)c1C#N. The van der Waals surface area contributed by atoms with Crippen molar-refractivity contribution >= 4 is 10.9 Å². The number of nitrogens with one attached hydrogen (secondary N) is 1. The van der Waals surface area contributed by atoms with E-state index < -0.39 is 5.82 Å². The summed E-state index contributed by atoms with van der Waals surface area (Å²) in [5, 5.41) is 13.1. The van der Waals surface area contributed by atoms with E-state index in [9.17, 15) is 14.4 Å². The molecule has 2 saturated heterocycles. The molecule has 0 unspecified atom stereocenters. The van der Waals surface area contributed by atoms with Crippen molar-refractivity contribution in [3.63, 3.8) is 0 Å². The number of nitrogens with zero attached hydrogens (tertiary/aromatic N) is 3. The first-order valence-corrected chi connectivity index (χ1v) is 10.7. The van der Waals surface area contributed by atoms with E-state index in [0.717, 1.165) is 32.4 Å². The fraction of sp³-hybridized carbons (Fsp3) is 0.375. The van der Waals surface area contributed by atoms with E-state index in [2.05, 4.69) is 10.3 Å². The van der Waals surface area contributed by atoms with E-state index in [0.29, 0.717) is 23.1 Å². The van der Waals surface area contributed by atoms with Crippen LogP contribution in [0.3, 0.4) is 0 Å². The Morgan fingerprint density at radius 3 is 2.91 bits per heavy atom. The van der Waals surface area contributed by atoms with Crippen LogP contribution in [0.2, 0.25) is 0 Å². The van der Waals surface area contributed by atoms with Gasteiger partial charge in [0.05, 0.1) is 35.5 Å². The summed E-state index contributed by atoms with van der Waals surface area (Å²) in [6.45, 7) is 4.02. The number of halogens is 1. The van der Waals surface area contributed by atoms with Crippen LogP contribution in [0.1, 0.15) is 36.4 Å². The summed E-state index contributed by atoms with van der Waals surface area (Å²) in [6.07, 6.45) is 4.21. The largest absolute Gasteiger partial charge is 0.453 e. The van der Waals surface area contributed by atoms with Gasteiger partial charge in [0.15, 0.2) is 11.6 Å². The number of ether oxygens (including phenoxy) is 2. The molecule has 0 saturated carbocycles. The predicted octanol–water partition coefficient (Wildman–Crippen LogP) is 3.59. The van der Waals surface area contributed by atoms with Crippen LogP contribution in [0.4, 0.5) is 4.39 Å². The molecule has 1 aromatic heterocycles. The highest BCUT2D eigenvalue weighted by Crippen LogP contribution is 2.39. The van der Waals surface area contributed by atoms with Crippen molar-refractivity contribution in [2.24, 2.45) is 0 Å². The van der Waals surface area contributed by atoms with Gasteiger partial charge in [0.25, 0.3) is 5.56 Å². The minimum absolute atomic E-state index is 0.0820. The zero-order valence-electron chi connectivity index (χ0n) is 17.7. The van der Waals surface area contributed by atoms with Gasteiger partial charge < -0.3 is 14.8 Å². The van der Waals surface area contributed by atoms with Gasteiger partial charge >= 0.3 is 0 Å². The van der Waals surface area contributed by atoms with E-state index in [1.54, 1.807) is 36.0 Å². The quantitative estimate of drug-likeness (QED) is 0.678. The topological polar surface area (TPSA) is 89.2 Å². The molecule has 3 aromatic rings. The van der Waals surface area contributed by atoms with Gasteiger partial charge in [-0.3, -0.25) is 9.36 Å². The molecule has 164 valence electrons. The summed E-state index contributed by atoms with van der Waals surface area (Å²) in [7, 11) is 0. The molecule has 1 atom stereocenters. The van der Waals surface area contributed by atoms with Crippen LogP contribution in [0.25, 0.3) is 10.9 Å². The van der Waals surface area contributed by atoms with Crippen LogP contribution in [0.15, 0.2) is 41.5 Å². The molecule has 32 heavy (non-hydrogen) atoms. The van der Waals surface area contributed by atoms with Crippen LogP contribution in [-0.4, -0.2) is 34.8 Å². The van der Waals surface area contributed by atoms with Gasteiger partial charge in [-0.2, -0.15) is 5.26 Å². The molecule has 1 spiro atoms. The molecule has 2 fully saturated rings. The van der Waals surface area contributed by atoms with Gasteiger partial charge in [-0.15, -0.1) is 0 Å². The van der Waals surface area contributed by atoms with Gasteiger partial charge in [0.2, 0.25) is 0 Å². The van der Waals surface area contributed by atoms with E-state index in [4.69, 9.17) is 9.47 Å². The van der Waals surface area contributed by atoms with Crippen molar-refractivity contribution in [2.45, 2.75) is 37.8 Å². The highest BCUT2D eigenvalue weighted by molar-refractivity contribution is 5.79. The minimum atomic E-state index is -0.633. The van der Waals surface area contributed by atoms with E-state index >= 15 is 0 Å². The summed E-state index contributed by atoms with van der Waals surface area (Å²) in [5.41, 5.74) is 0.904. The second-order valence-electron chi connectivity index (χ2n) is 8.52. The van der Waals surface area contributed by atoms with Crippen LogP contribution in [0, 0.1) is 24.1 Å². The molecule has 0 aliphatic carbocycles. The molecule has 0 amide bonds. The molecule has 0 bridgehead atoms. The average Bonchev–Trinajstić information content (AvgIpc) is 3.20. The third-order valence-corrected chi connectivity index (χ3v) is 6.50. The minimum Gasteiger partial charge on any atom is -0.453 e. The lowest BCUT2D eigenvalue weighted by molar-refractivity contribution is -0.0196. The van der Waals surface area contributed by atoms with Gasteiger partial charge in [-0.1, -0.05) is 6.07 Å². The Morgan fingerprint density at radius 2 is 2.12 bits per heavy atom. The number of nitriles is 1. The molecule has 2 aliphatic heterocycles. The maximum absolute atomic E-state index is 14.4. The van der Waals surface area contributed by atoms with Crippen molar-refractivity contribution in [1.82, 2.24) is 14.9 Å². The normalized spacial score (nSPS) is 19.8. The van der Waals surface area contributed by atoms with Crippen molar-refractivity contribution in [1.29, 1.82) is 5.26 Å². The lowest BCUT2D eigenvalue weighted by Gasteiger charge is -2.32. The smallest absolute Gasteiger partial charge is 0.261 e. The summed E-state index contributed by atoms with van der Waals surface area (Å²) in [5.74, 6) is -0.507. The van der Waals surface area contributed by atoms with Crippen molar-refractivity contribution < 1.29 is 13.9 Å². The van der Waals surface area contributed by atoms with E-state index in [1.165, 1.54) is 12.1 Å². The molecule has 2 aromatic carbocycles. The zero-order chi connectivity index (χ0) is 22.3. The number of hydrogen-bond donors (Lipinski definition) is 1. The monoisotopic (exact) mass is 434 g/mol. The number of hydrogen-bond acceptors (Lipinski definition) is 6. The van der Waals surface area contributed by atoms with Crippen LogP contribution >= 0.6 is 0 Å². The highest BCUT2D eigenvalue weighted by Gasteiger charge is 2.42. The third-order valence-electron chi connectivity index (χ3n) is 6.50. The summed E-state index contributed by atoms with van der Waals surface area (Å²) in [6, 6.07) is 9.53. The van der Waals surface area contributed by atoms with Gasteiger partial charge in [-0.25, -0.2) is 9.37 Å². The fourth-order valence-electron chi connectivity index (χ4n) is 4.68. The third kappa shape index (κ3) is 3.53. The van der Waals surface area contributed by atoms with Crippen molar-refractivity contribution in [3.05, 3.63) is 64.0 Å². The maximum atomic E-state index is 14.4. The fourth-order valence-corrected chi connectivity index (χ4v) is 4.68. The lowest BCUT2D eigenvalue weighted by atomic mass is 9.88. The van der Waals surface area contributed by atoms with Crippen LogP contribution in [0.5, 0.6) is 11.5 Å². The maximum Gasteiger partial charge on any atom is 0.261 e. The summed E-state index contributed by atoms with van der Waals surface area (Å²) in [4.78, 5) is 17.8. The summed E-state index contributed by atoms with van der Waals surface area (Å²) >= 11 is 0. The molecule has 0 radical (unpaired) electrons. The number of fused-ring (bicyclic) bond motifs is 1. The Labute approximate surface area is 184 Å². The first-order chi connectivity index (χ1) is 15.5. The molecular weight excluding hydrogens is 411 g/mol. The number of rotatable bonds is 3. The Hall–Kier alpha value is -3.28. The van der Waals surface area contributed by atoms with E-state index in [-0.39, 0.29) is 34.3 Å². The first kappa shape index (κ1) is 20.6. The molecule has 5 rings (SSSR count). The molecular formula is C24H23FN4O3. The number of aryl methyl sites for hydroxylation is 1. The standard InChI is InChI=1S/C24H23FN4O3/c1-15-2-4-20(25)22(19(15)12-26)32-17-3-5-21-18(10-17)23(30)29(14-28-21)16-11-24(31-13-16)6-8-27-9-7-24/h2-5,10,14,16,27H,6-9,11,13H2,1H3/t16-/m1/s1. The molecule has 2 aliphatic rings. The second-order valence-corrected chi connectivity index (χ2v) is 8.52. The molecule has 3 heterocycles. The Balaban J connectivity index is 1.49. The highest BCUT2D eigenvalue weighted by atomic mass is 19.1. The Morgan fingerprint density at radius 1 is 1.31 bits per heavy atom. The molecule has 1 N–H and O–H groups in total. The zero-order valence-corrected chi connectivity index (χ0v) is 17.7. The first-order valence-electron chi connectivity index (χ1n) is 10.7. The summed E-state index contributed by atoms with van der Waals surface area (Å²) < 4.78 is 27.9. The Bertz CT molecular complexity index is 1290. The van der Waals surface area contributed by atoms with Crippen molar-refractivity contribution in [2.75, 3.05) is 19.7 Å². The van der Waals surface area contributed by atoms with E-state index in [1.807, 2.05) is 6.07 Å². The molecule has 7 nitrogen and oxygen atoms in total.